The van der Waals surface area contributed by atoms with E-state index in [1.54, 1.807) is 24.3 Å². The van der Waals surface area contributed by atoms with Crippen molar-refractivity contribution in [2.24, 2.45) is 0 Å². The average Bonchev–Trinajstić information content (AvgIpc) is 2.90. The number of anilines is 1. The van der Waals surface area contributed by atoms with Gasteiger partial charge in [-0.25, -0.2) is 41.1 Å². The predicted octanol–water partition coefficient (Wildman–Crippen LogP) is 1.43. The molecule has 0 saturated carbocycles. The predicted molar refractivity (Wildman–Crippen MR) is 141 cm³/mol. The number of nitrogens with one attached hydrogen (secondary N) is 3. The molecule has 14 nitrogen and oxygen atoms in total. The summed E-state index contributed by atoms with van der Waals surface area (Å²) < 4.78 is 68.1. The van der Waals surface area contributed by atoms with Crippen LogP contribution >= 0.6 is 0 Å². The fraction of sp³-hybridized carbons (Fsp3) is 0.217. The number of nitrogens with zero attached hydrogens (tertiary/aromatic N) is 2. The molecule has 1 aliphatic carbocycles. The van der Waals surface area contributed by atoms with Crippen LogP contribution < -0.4 is 24.2 Å². The number of carbonyl (C=O) groups is 2. The van der Waals surface area contributed by atoms with Crippen LogP contribution in [-0.4, -0.2) is 66.4 Å². The van der Waals surface area contributed by atoms with Crippen molar-refractivity contribution in [3.05, 3.63) is 64.9 Å². The van der Waals surface area contributed by atoms with E-state index >= 15 is 0 Å². The molecule has 0 fully saturated rings. The Kier molecular flexibility index (Phi) is 8.92. The third-order valence-electron chi connectivity index (χ3n) is 5.11. The average molecular weight is 580 g/mol. The topological polar surface area (TPSA) is 192 Å². The van der Waals surface area contributed by atoms with Crippen molar-refractivity contribution in [1.29, 1.82) is 0 Å². The number of carbonyl (C=O) groups excluding carboxylic acids is 2. The maximum atomic E-state index is 13.1. The van der Waals surface area contributed by atoms with Gasteiger partial charge >= 0.3 is 12.0 Å². The molecule has 0 unspecified atom stereocenters. The highest BCUT2D eigenvalue weighted by Crippen LogP contribution is 2.32. The van der Waals surface area contributed by atoms with Crippen molar-refractivity contribution < 1.29 is 40.6 Å². The van der Waals surface area contributed by atoms with Gasteiger partial charge in [-0.2, -0.15) is 0 Å². The fourth-order valence-electron chi connectivity index (χ4n) is 3.33. The number of aromatic nitrogens is 2. The standard InChI is InChI=1S/C23H25N5O9S2/c1-35-15-6-8-16(19(12-15)36-2)18-9-10-24-22(26-18)27-23(30)28-39(33,34)20-11-14(13-25-38(4,31)32)5-7-17(20)21(29)37-3/h5-10,12-13,25H,11H2,1-4H3,(H2,24,26,27,28,30). The van der Waals surface area contributed by atoms with Crippen LogP contribution in [0.1, 0.15) is 6.42 Å². The monoisotopic (exact) mass is 579 g/mol. The molecule has 0 spiro atoms. The smallest absolute Gasteiger partial charge is 0.338 e. The molecule has 208 valence electrons. The number of methoxy groups -OCH3 is 3. The van der Waals surface area contributed by atoms with Gasteiger partial charge in [0.1, 0.15) is 11.5 Å². The molecule has 16 heteroatoms. The molecule has 2 amide bonds. The van der Waals surface area contributed by atoms with E-state index in [1.165, 1.54) is 26.5 Å². The molecule has 1 aromatic carbocycles. The third-order valence-corrected chi connectivity index (χ3v) is 7.12. The van der Waals surface area contributed by atoms with E-state index in [-0.39, 0.29) is 17.1 Å². The molecular weight excluding hydrogens is 554 g/mol. The van der Waals surface area contributed by atoms with Gasteiger partial charge in [-0.1, -0.05) is 6.08 Å². The molecule has 3 rings (SSSR count). The van der Waals surface area contributed by atoms with Crippen LogP contribution in [0.4, 0.5) is 10.7 Å². The summed E-state index contributed by atoms with van der Waals surface area (Å²) >= 11 is 0. The third kappa shape index (κ3) is 7.55. The lowest BCUT2D eigenvalue weighted by atomic mass is 10.0. The fourth-order valence-corrected chi connectivity index (χ4v) is 4.91. The van der Waals surface area contributed by atoms with Gasteiger partial charge < -0.3 is 14.2 Å². The van der Waals surface area contributed by atoms with Crippen LogP contribution in [0.25, 0.3) is 11.3 Å². The largest absolute Gasteiger partial charge is 0.497 e. The summed E-state index contributed by atoms with van der Waals surface area (Å²) in [5, 5.41) is 2.24. The first kappa shape index (κ1) is 29.1. The highest BCUT2D eigenvalue weighted by molar-refractivity contribution is 7.94. The molecule has 0 atom stereocenters. The van der Waals surface area contributed by atoms with Crippen molar-refractivity contribution in [1.82, 2.24) is 19.4 Å². The van der Waals surface area contributed by atoms with Crippen LogP contribution in [0.3, 0.4) is 0 Å². The number of sulfonamides is 2. The number of hydrogen-bond donors (Lipinski definition) is 3. The van der Waals surface area contributed by atoms with Crippen LogP contribution in [-0.2, 0) is 29.6 Å². The molecule has 0 aliphatic heterocycles. The van der Waals surface area contributed by atoms with Crippen LogP contribution in [0.2, 0.25) is 0 Å². The Balaban J connectivity index is 1.85. The summed E-state index contributed by atoms with van der Waals surface area (Å²) in [4.78, 5) is 32.5. The number of urea groups is 1. The highest BCUT2D eigenvalue weighted by atomic mass is 32.2. The second-order valence-electron chi connectivity index (χ2n) is 7.84. The number of benzene rings is 1. The first-order valence-corrected chi connectivity index (χ1v) is 14.3. The highest BCUT2D eigenvalue weighted by Gasteiger charge is 2.30. The zero-order valence-electron chi connectivity index (χ0n) is 21.2. The maximum Gasteiger partial charge on any atom is 0.338 e. The number of hydrogen-bond acceptors (Lipinski definition) is 11. The first-order chi connectivity index (χ1) is 18.4. The van der Waals surface area contributed by atoms with Gasteiger partial charge in [-0.3, -0.25) is 10.0 Å². The lowest BCUT2D eigenvalue weighted by Gasteiger charge is -2.17. The van der Waals surface area contributed by atoms with Crippen LogP contribution in [0, 0.1) is 0 Å². The summed E-state index contributed by atoms with van der Waals surface area (Å²) in [5.41, 5.74) is 0.794. The molecular formula is C23H25N5O9S2. The molecule has 0 radical (unpaired) electrons. The number of rotatable bonds is 9. The molecule has 2 aromatic rings. The Morgan fingerprint density at radius 1 is 1.03 bits per heavy atom. The summed E-state index contributed by atoms with van der Waals surface area (Å²) in [6.45, 7) is 0. The van der Waals surface area contributed by atoms with Crippen LogP contribution in [0.15, 0.2) is 64.9 Å². The van der Waals surface area contributed by atoms with E-state index in [2.05, 4.69) is 24.7 Å². The van der Waals surface area contributed by atoms with Gasteiger partial charge in [0.05, 0.1) is 43.8 Å². The number of allylic oxidation sites excluding steroid dienone is 3. The summed E-state index contributed by atoms with van der Waals surface area (Å²) in [6, 6.07) is 5.37. The van der Waals surface area contributed by atoms with Gasteiger partial charge in [-0.15, -0.1) is 0 Å². The van der Waals surface area contributed by atoms with E-state index in [4.69, 9.17) is 9.47 Å². The Labute approximate surface area is 224 Å². The first-order valence-electron chi connectivity index (χ1n) is 10.9. The van der Waals surface area contributed by atoms with E-state index in [9.17, 15) is 26.4 Å². The van der Waals surface area contributed by atoms with Crippen LogP contribution in [0.5, 0.6) is 11.5 Å². The lowest BCUT2D eigenvalue weighted by Crippen LogP contribution is -2.36. The minimum Gasteiger partial charge on any atom is -0.497 e. The maximum absolute atomic E-state index is 13.1. The van der Waals surface area contributed by atoms with E-state index in [0.717, 1.165) is 25.6 Å². The molecule has 3 N–H and O–H groups in total. The summed E-state index contributed by atoms with van der Waals surface area (Å²) in [7, 11) is -4.21. The van der Waals surface area contributed by atoms with Crippen molar-refractivity contribution in [3.8, 4) is 22.8 Å². The van der Waals surface area contributed by atoms with Crippen molar-refractivity contribution >= 4 is 38.0 Å². The molecule has 39 heavy (non-hydrogen) atoms. The second kappa shape index (κ2) is 12.0. The zero-order chi connectivity index (χ0) is 28.8. The van der Waals surface area contributed by atoms with Crippen molar-refractivity contribution in [2.75, 3.05) is 32.9 Å². The molecule has 1 heterocycles. The summed E-state index contributed by atoms with van der Waals surface area (Å²) in [6.07, 6.45) is 5.42. The zero-order valence-corrected chi connectivity index (χ0v) is 22.8. The Morgan fingerprint density at radius 2 is 1.77 bits per heavy atom. The normalized spacial score (nSPS) is 14.5. The van der Waals surface area contributed by atoms with E-state index in [0.29, 0.717) is 22.8 Å². The van der Waals surface area contributed by atoms with Gasteiger partial charge in [0.25, 0.3) is 10.0 Å². The molecule has 0 bridgehead atoms. The second-order valence-corrected chi connectivity index (χ2v) is 11.3. The molecule has 0 saturated heterocycles. The van der Waals surface area contributed by atoms with Crippen molar-refractivity contribution in [3.63, 3.8) is 0 Å². The summed E-state index contributed by atoms with van der Waals surface area (Å²) in [5.74, 6) is -0.197. The Morgan fingerprint density at radius 3 is 2.41 bits per heavy atom. The van der Waals surface area contributed by atoms with Gasteiger partial charge in [0.2, 0.25) is 16.0 Å². The lowest BCUT2D eigenvalue weighted by molar-refractivity contribution is -0.135. The SMILES string of the molecule is COC(=O)C1=C(S(=O)(=O)NC(=O)Nc2nccc(-c3ccc(OC)cc3OC)n2)CC(=CNS(C)(=O)=O)C=C1. The molecule has 1 aromatic heterocycles. The number of amides is 2. The van der Waals surface area contributed by atoms with Gasteiger partial charge in [0.15, 0.2) is 0 Å². The van der Waals surface area contributed by atoms with Crippen molar-refractivity contribution in [2.45, 2.75) is 6.42 Å². The van der Waals surface area contributed by atoms with E-state index in [1.807, 2.05) is 4.72 Å². The number of esters is 1. The Hall–Kier alpha value is -4.44. The quantitative estimate of drug-likeness (QED) is 0.364. The van der Waals surface area contributed by atoms with Gasteiger partial charge in [0, 0.05) is 30.4 Å². The minimum absolute atomic E-state index is 0.207. The molecule has 1 aliphatic rings. The minimum atomic E-state index is -4.62. The Bertz CT molecular complexity index is 1600. The van der Waals surface area contributed by atoms with Gasteiger partial charge in [-0.05, 0) is 29.8 Å². The number of ether oxygens (including phenoxy) is 3. The van der Waals surface area contributed by atoms with E-state index < -0.39 is 43.4 Å².